The van der Waals surface area contributed by atoms with Crippen LogP contribution in [0.1, 0.15) is 27.6 Å². The van der Waals surface area contributed by atoms with Gasteiger partial charge in [-0.15, -0.1) is 0 Å². The monoisotopic (exact) mass is 393 g/mol. The summed E-state index contributed by atoms with van der Waals surface area (Å²) in [5, 5.41) is 1.54. The topological polar surface area (TPSA) is 47.8 Å². The molecule has 0 fully saturated rings. The van der Waals surface area contributed by atoms with Crippen molar-refractivity contribution in [1.82, 2.24) is 14.5 Å². The first kappa shape index (κ1) is 19.4. The molecule has 4 nitrogen and oxygen atoms in total. The molecular formula is C19H18F3N3OS. The Morgan fingerprint density at radius 2 is 1.85 bits per heavy atom. The van der Waals surface area contributed by atoms with E-state index in [1.807, 2.05) is 24.3 Å². The lowest BCUT2D eigenvalue weighted by molar-refractivity contribution is -0.141. The Bertz CT molecular complexity index is 1010. The molecule has 3 aromatic rings. The summed E-state index contributed by atoms with van der Waals surface area (Å²) in [4.78, 5) is 21.4. The first-order valence-electron chi connectivity index (χ1n) is 8.28. The molecule has 142 valence electrons. The van der Waals surface area contributed by atoms with Gasteiger partial charge in [0, 0.05) is 22.3 Å². The van der Waals surface area contributed by atoms with E-state index in [9.17, 15) is 18.0 Å². The maximum Gasteiger partial charge on any atom is 0.406 e. The molecular weight excluding hydrogens is 375 g/mol. The summed E-state index contributed by atoms with van der Waals surface area (Å²) in [6.45, 7) is 3.80. The predicted octanol–water partition coefficient (Wildman–Crippen LogP) is 4.89. The van der Waals surface area contributed by atoms with E-state index in [-0.39, 0.29) is 11.5 Å². The van der Waals surface area contributed by atoms with Crippen LogP contribution in [-0.4, -0.2) is 32.2 Å². The first-order chi connectivity index (χ1) is 12.7. The lowest BCUT2D eigenvalue weighted by Crippen LogP contribution is -2.19. The highest BCUT2D eigenvalue weighted by Crippen LogP contribution is 2.28. The third-order valence-electron chi connectivity index (χ3n) is 4.23. The van der Waals surface area contributed by atoms with Gasteiger partial charge in [-0.05, 0) is 32.9 Å². The number of nitrogens with zero attached hydrogens (tertiary/aromatic N) is 3. The molecule has 0 radical (unpaired) electrons. The fourth-order valence-corrected chi connectivity index (χ4v) is 3.93. The van der Waals surface area contributed by atoms with Gasteiger partial charge < -0.3 is 4.57 Å². The second-order valence-electron chi connectivity index (χ2n) is 6.29. The number of aromatic nitrogens is 3. The SMILES string of the molecule is Cc1nc(SCC(=O)c2cc(C)n(CC(F)(F)F)c2C)c2ccccc2n1. The van der Waals surface area contributed by atoms with Crippen LogP contribution in [0.25, 0.3) is 10.9 Å². The van der Waals surface area contributed by atoms with E-state index < -0.39 is 12.7 Å². The van der Waals surface area contributed by atoms with Gasteiger partial charge in [0.1, 0.15) is 17.4 Å². The van der Waals surface area contributed by atoms with Crippen molar-refractivity contribution in [3.8, 4) is 0 Å². The van der Waals surface area contributed by atoms with Crippen LogP contribution >= 0.6 is 11.8 Å². The zero-order valence-electron chi connectivity index (χ0n) is 15.1. The number of carbonyl (C=O) groups is 1. The average molecular weight is 393 g/mol. The van der Waals surface area contributed by atoms with Gasteiger partial charge in [-0.3, -0.25) is 4.79 Å². The van der Waals surface area contributed by atoms with Crippen LogP contribution in [0.3, 0.4) is 0 Å². The number of rotatable bonds is 5. The number of halogens is 3. The van der Waals surface area contributed by atoms with Crippen LogP contribution in [0.15, 0.2) is 35.4 Å². The number of fused-ring (bicyclic) bond motifs is 1. The maximum absolute atomic E-state index is 12.7. The molecule has 0 amide bonds. The van der Waals surface area contributed by atoms with E-state index in [0.717, 1.165) is 15.5 Å². The van der Waals surface area contributed by atoms with Crippen molar-refractivity contribution in [2.24, 2.45) is 0 Å². The summed E-state index contributed by atoms with van der Waals surface area (Å²) in [6.07, 6.45) is -4.33. The Labute approximate surface area is 158 Å². The van der Waals surface area contributed by atoms with Gasteiger partial charge in [0.2, 0.25) is 0 Å². The van der Waals surface area contributed by atoms with Crippen molar-refractivity contribution in [2.45, 2.75) is 38.5 Å². The van der Waals surface area contributed by atoms with E-state index in [1.165, 1.54) is 17.8 Å². The smallest absolute Gasteiger partial charge is 0.339 e. The molecule has 0 N–H and O–H groups in total. The van der Waals surface area contributed by atoms with Gasteiger partial charge in [0.25, 0.3) is 0 Å². The minimum Gasteiger partial charge on any atom is -0.339 e. The number of para-hydroxylation sites is 1. The molecule has 0 aliphatic rings. The van der Waals surface area contributed by atoms with Crippen LogP contribution in [0.2, 0.25) is 0 Å². The Morgan fingerprint density at radius 1 is 1.15 bits per heavy atom. The molecule has 0 spiro atoms. The fraction of sp³-hybridized carbons (Fsp3) is 0.316. The van der Waals surface area contributed by atoms with Crippen LogP contribution in [0, 0.1) is 20.8 Å². The second-order valence-corrected chi connectivity index (χ2v) is 7.26. The molecule has 0 saturated carbocycles. The second kappa shape index (κ2) is 7.34. The van der Waals surface area contributed by atoms with Crippen molar-refractivity contribution < 1.29 is 18.0 Å². The molecule has 8 heteroatoms. The van der Waals surface area contributed by atoms with E-state index in [0.29, 0.717) is 27.8 Å². The fourth-order valence-electron chi connectivity index (χ4n) is 2.99. The molecule has 0 atom stereocenters. The van der Waals surface area contributed by atoms with Crippen molar-refractivity contribution in [3.63, 3.8) is 0 Å². The molecule has 0 unspecified atom stereocenters. The molecule has 0 saturated heterocycles. The van der Waals surface area contributed by atoms with Crippen molar-refractivity contribution >= 4 is 28.4 Å². The van der Waals surface area contributed by atoms with E-state index in [4.69, 9.17) is 0 Å². The van der Waals surface area contributed by atoms with E-state index >= 15 is 0 Å². The highest BCUT2D eigenvalue weighted by atomic mass is 32.2. The lowest BCUT2D eigenvalue weighted by Gasteiger charge is -2.12. The van der Waals surface area contributed by atoms with Crippen LogP contribution in [0.5, 0.6) is 0 Å². The van der Waals surface area contributed by atoms with Crippen molar-refractivity contribution in [1.29, 1.82) is 0 Å². The van der Waals surface area contributed by atoms with Gasteiger partial charge in [-0.1, -0.05) is 30.0 Å². The Hall–Kier alpha value is -2.35. The van der Waals surface area contributed by atoms with E-state index in [2.05, 4.69) is 9.97 Å². The number of Topliss-reactive ketones (excluding diaryl/α,β-unsaturated/α-hetero) is 1. The minimum absolute atomic E-state index is 0.0940. The molecule has 2 aromatic heterocycles. The first-order valence-corrected chi connectivity index (χ1v) is 9.27. The molecule has 2 heterocycles. The van der Waals surface area contributed by atoms with Gasteiger partial charge in [-0.2, -0.15) is 13.2 Å². The molecule has 1 aromatic carbocycles. The van der Waals surface area contributed by atoms with E-state index in [1.54, 1.807) is 20.8 Å². The number of thioether (sulfide) groups is 1. The Kier molecular flexibility index (Phi) is 5.28. The zero-order valence-corrected chi connectivity index (χ0v) is 15.9. The largest absolute Gasteiger partial charge is 0.406 e. The number of hydrogen-bond donors (Lipinski definition) is 0. The molecule has 27 heavy (non-hydrogen) atoms. The molecule has 0 bridgehead atoms. The Morgan fingerprint density at radius 3 is 2.56 bits per heavy atom. The number of alkyl halides is 3. The molecule has 0 aliphatic carbocycles. The third kappa shape index (κ3) is 4.32. The highest BCUT2D eigenvalue weighted by molar-refractivity contribution is 8.00. The number of ketones is 1. The Balaban J connectivity index is 1.82. The van der Waals surface area contributed by atoms with Crippen molar-refractivity contribution in [2.75, 3.05) is 5.75 Å². The number of aryl methyl sites for hydroxylation is 2. The lowest BCUT2D eigenvalue weighted by atomic mass is 10.2. The quantitative estimate of drug-likeness (QED) is 0.352. The summed E-state index contributed by atoms with van der Waals surface area (Å²) >= 11 is 1.27. The normalized spacial score (nSPS) is 11.9. The molecule has 0 aliphatic heterocycles. The summed E-state index contributed by atoms with van der Waals surface area (Å²) < 4.78 is 39.4. The standard InChI is InChI=1S/C19H18F3N3OS/c1-11-8-15(12(2)25(11)10-19(20,21)22)17(26)9-27-18-14-6-4-5-7-16(14)23-13(3)24-18/h4-8H,9-10H2,1-3H3. The van der Waals surface area contributed by atoms with Gasteiger partial charge in [-0.25, -0.2) is 9.97 Å². The summed E-state index contributed by atoms with van der Waals surface area (Å²) in [5.74, 6) is 0.477. The van der Waals surface area contributed by atoms with Gasteiger partial charge >= 0.3 is 6.18 Å². The number of benzene rings is 1. The van der Waals surface area contributed by atoms with Gasteiger partial charge in [0.15, 0.2) is 5.78 Å². The third-order valence-corrected chi connectivity index (χ3v) is 5.22. The van der Waals surface area contributed by atoms with Crippen LogP contribution < -0.4 is 0 Å². The molecule has 3 rings (SSSR count). The number of hydrogen-bond acceptors (Lipinski definition) is 4. The maximum atomic E-state index is 12.7. The average Bonchev–Trinajstić information content (AvgIpc) is 2.86. The zero-order chi connectivity index (χ0) is 19.8. The predicted molar refractivity (Wildman–Crippen MR) is 99.3 cm³/mol. The van der Waals surface area contributed by atoms with Crippen LogP contribution in [-0.2, 0) is 6.54 Å². The summed E-state index contributed by atoms with van der Waals surface area (Å²) in [7, 11) is 0. The van der Waals surface area contributed by atoms with Crippen molar-refractivity contribution in [3.05, 3.63) is 53.1 Å². The summed E-state index contributed by atoms with van der Waals surface area (Å²) in [5.41, 5.74) is 1.86. The highest BCUT2D eigenvalue weighted by Gasteiger charge is 2.30. The minimum atomic E-state index is -4.33. The van der Waals surface area contributed by atoms with Crippen LogP contribution in [0.4, 0.5) is 13.2 Å². The summed E-state index contributed by atoms with van der Waals surface area (Å²) in [6, 6.07) is 9.03. The number of carbonyl (C=O) groups excluding carboxylic acids is 1. The van der Waals surface area contributed by atoms with Gasteiger partial charge in [0.05, 0.1) is 11.3 Å².